The summed E-state index contributed by atoms with van der Waals surface area (Å²) in [4.78, 5) is 24.3. The molecule has 0 amide bonds. The molecule has 0 heterocycles. The van der Waals surface area contributed by atoms with Crippen LogP contribution in [0.4, 0.5) is 0 Å². The second kappa shape index (κ2) is 12.3. The third-order valence-electron chi connectivity index (χ3n) is 4.55. The number of nitrogens with zero attached hydrogens (tertiary/aromatic N) is 1. The monoisotopic (exact) mass is 451 g/mol. The van der Waals surface area contributed by atoms with Crippen LogP contribution in [0.25, 0.3) is 6.08 Å². The average molecular weight is 452 g/mol. The van der Waals surface area contributed by atoms with E-state index in [4.69, 9.17) is 18.9 Å². The van der Waals surface area contributed by atoms with Crippen LogP contribution in [-0.2, 0) is 14.3 Å². The molecule has 2 rings (SSSR count). The van der Waals surface area contributed by atoms with Crippen molar-refractivity contribution in [3.8, 4) is 23.3 Å². The minimum Gasteiger partial charge on any atom is -0.490 e. The summed E-state index contributed by atoms with van der Waals surface area (Å²) < 4.78 is 21.7. The van der Waals surface area contributed by atoms with Crippen molar-refractivity contribution in [3.05, 3.63) is 58.7 Å². The average Bonchev–Trinajstić information content (AvgIpc) is 2.77. The Morgan fingerprint density at radius 3 is 2.39 bits per heavy atom. The van der Waals surface area contributed by atoms with Crippen molar-refractivity contribution in [2.24, 2.45) is 0 Å². The molecule has 0 unspecified atom stereocenters. The lowest BCUT2D eigenvalue weighted by molar-refractivity contribution is -0.138. The lowest BCUT2D eigenvalue weighted by Gasteiger charge is -2.15. The summed E-state index contributed by atoms with van der Waals surface area (Å²) in [5.74, 6) is 0.122. The number of hydrogen-bond donors (Lipinski definition) is 0. The zero-order chi connectivity index (χ0) is 24.4. The Morgan fingerprint density at radius 1 is 1.00 bits per heavy atom. The minimum absolute atomic E-state index is 0.142. The van der Waals surface area contributed by atoms with E-state index >= 15 is 0 Å². The van der Waals surface area contributed by atoms with Gasteiger partial charge in [-0.1, -0.05) is 32.0 Å². The van der Waals surface area contributed by atoms with Crippen LogP contribution >= 0.6 is 0 Å². The molecule has 0 aliphatic carbocycles. The first-order chi connectivity index (χ1) is 15.8. The highest BCUT2D eigenvalue weighted by molar-refractivity contribution is 5.98. The van der Waals surface area contributed by atoms with Crippen LogP contribution in [0, 0.1) is 18.3 Å². The third-order valence-corrected chi connectivity index (χ3v) is 4.55. The van der Waals surface area contributed by atoms with Crippen LogP contribution in [0.5, 0.6) is 17.2 Å². The molecule has 0 bridgehead atoms. The van der Waals surface area contributed by atoms with E-state index in [1.165, 1.54) is 6.08 Å². The van der Waals surface area contributed by atoms with Crippen LogP contribution in [0.2, 0.25) is 0 Å². The molecule has 7 heteroatoms. The summed E-state index contributed by atoms with van der Waals surface area (Å²) in [6.07, 6.45) is 1.39. The van der Waals surface area contributed by atoms with Gasteiger partial charge in [-0.3, -0.25) is 0 Å². The third kappa shape index (κ3) is 7.39. The first kappa shape index (κ1) is 25.5. The molecule has 0 aliphatic heterocycles. The topological polar surface area (TPSA) is 94.9 Å². The second-order valence-corrected chi connectivity index (χ2v) is 7.49. The highest BCUT2D eigenvalue weighted by atomic mass is 16.6. The Morgan fingerprint density at radius 2 is 1.76 bits per heavy atom. The van der Waals surface area contributed by atoms with E-state index in [9.17, 15) is 14.9 Å². The Bertz CT molecular complexity index is 1060. The molecule has 0 spiro atoms. The van der Waals surface area contributed by atoms with Crippen LogP contribution < -0.4 is 14.2 Å². The molecule has 0 fully saturated rings. The maximum absolute atomic E-state index is 12.5. The molecule has 0 aromatic heterocycles. The molecule has 0 atom stereocenters. The van der Waals surface area contributed by atoms with Gasteiger partial charge in [0.25, 0.3) is 0 Å². The first-order valence-electron chi connectivity index (χ1n) is 10.8. The molecular formula is C26H29NO6. The van der Waals surface area contributed by atoms with Crippen LogP contribution in [0.3, 0.4) is 0 Å². The second-order valence-electron chi connectivity index (χ2n) is 7.49. The van der Waals surface area contributed by atoms with Gasteiger partial charge in [-0.05, 0) is 67.7 Å². The van der Waals surface area contributed by atoms with Gasteiger partial charge in [-0.15, -0.1) is 0 Å². The van der Waals surface area contributed by atoms with Crippen molar-refractivity contribution >= 4 is 18.0 Å². The van der Waals surface area contributed by atoms with E-state index in [1.807, 2.05) is 31.2 Å². The molecule has 7 nitrogen and oxygen atoms in total. The summed E-state index contributed by atoms with van der Waals surface area (Å²) in [5, 5.41) is 9.22. The van der Waals surface area contributed by atoms with E-state index in [0.717, 1.165) is 11.1 Å². The predicted octanol–water partition coefficient (Wildman–Crippen LogP) is 4.97. The number of esters is 2. The number of carbonyl (C=O) groups excluding carboxylic acids is 2. The van der Waals surface area contributed by atoms with Gasteiger partial charge in [0.05, 0.1) is 13.2 Å². The zero-order valence-corrected chi connectivity index (χ0v) is 19.6. The Labute approximate surface area is 194 Å². The molecule has 33 heavy (non-hydrogen) atoms. The fourth-order valence-corrected chi connectivity index (χ4v) is 3.01. The van der Waals surface area contributed by atoms with E-state index in [2.05, 4.69) is 13.8 Å². The number of hydrogen-bond acceptors (Lipinski definition) is 7. The van der Waals surface area contributed by atoms with Gasteiger partial charge in [0.15, 0.2) is 18.1 Å². The summed E-state index contributed by atoms with van der Waals surface area (Å²) in [6, 6.07) is 12.5. The van der Waals surface area contributed by atoms with E-state index in [-0.39, 0.29) is 30.5 Å². The Balaban J connectivity index is 2.17. The van der Waals surface area contributed by atoms with E-state index in [0.29, 0.717) is 23.7 Å². The van der Waals surface area contributed by atoms with Crippen molar-refractivity contribution in [1.29, 1.82) is 5.26 Å². The summed E-state index contributed by atoms with van der Waals surface area (Å²) in [5.41, 5.74) is 2.43. The van der Waals surface area contributed by atoms with Gasteiger partial charge in [0, 0.05) is 0 Å². The lowest BCUT2D eigenvalue weighted by Crippen LogP contribution is -2.19. The molecular weight excluding hydrogens is 422 g/mol. The highest BCUT2D eigenvalue weighted by Crippen LogP contribution is 2.30. The van der Waals surface area contributed by atoms with Crippen molar-refractivity contribution < 1.29 is 28.5 Å². The van der Waals surface area contributed by atoms with Crippen molar-refractivity contribution in [1.82, 2.24) is 0 Å². The van der Waals surface area contributed by atoms with Gasteiger partial charge in [-0.25, -0.2) is 9.59 Å². The van der Waals surface area contributed by atoms with Crippen molar-refractivity contribution in [2.45, 2.75) is 40.5 Å². The number of benzene rings is 2. The standard InChI is InChI=1S/C26H29NO6/c1-6-30-24-14-19(13-20(15-27)26(29)31-7-2)9-11-22(24)33-25(28)16-32-23-12-18(5)8-10-21(23)17(3)4/h8-14,17H,6-7,16H2,1-5H3/b20-13+. The van der Waals surface area contributed by atoms with Crippen LogP contribution in [0.1, 0.15) is 50.3 Å². The van der Waals surface area contributed by atoms with Gasteiger partial charge in [0.2, 0.25) is 0 Å². The van der Waals surface area contributed by atoms with Crippen molar-refractivity contribution in [2.75, 3.05) is 19.8 Å². The van der Waals surface area contributed by atoms with Gasteiger partial charge in [-0.2, -0.15) is 5.26 Å². The first-order valence-corrected chi connectivity index (χ1v) is 10.8. The van der Waals surface area contributed by atoms with E-state index < -0.39 is 11.9 Å². The SMILES string of the molecule is CCOC(=O)/C(C#N)=C/c1ccc(OC(=O)COc2cc(C)ccc2C(C)C)c(OCC)c1. The Hall–Kier alpha value is -3.79. The van der Waals surface area contributed by atoms with Crippen LogP contribution in [-0.4, -0.2) is 31.8 Å². The molecule has 174 valence electrons. The summed E-state index contributed by atoms with van der Waals surface area (Å²) >= 11 is 0. The highest BCUT2D eigenvalue weighted by Gasteiger charge is 2.15. The number of carbonyl (C=O) groups is 2. The van der Waals surface area contributed by atoms with E-state index in [1.54, 1.807) is 32.0 Å². The normalized spacial score (nSPS) is 11.0. The number of rotatable bonds is 10. The molecule has 0 radical (unpaired) electrons. The molecule has 2 aromatic rings. The zero-order valence-electron chi connectivity index (χ0n) is 19.6. The predicted molar refractivity (Wildman–Crippen MR) is 124 cm³/mol. The minimum atomic E-state index is -0.706. The number of nitriles is 1. The fourth-order valence-electron chi connectivity index (χ4n) is 3.01. The molecule has 2 aromatic carbocycles. The van der Waals surface area contributed by atoms with Gasteiger partial charge >= 0.3 is 11.9 Å². The number of ether oxygens (including phenoxy) is 4. The molecule has 0 aliphatic rings. The summed E-state index contributed by atoms with van der Waals surface area (Å²) in [6.45, 7) is 9.76. The largest absolute Gasteiger partial charge is 0.490 e. The quantitative estimate of drug-likeness (QED) is 0.218. The molecule has 0 saturated heterocycles. The Kier molecular flexibility index (Phi) is 9.49. The number of aryl methyl sites for hydroxylation is 1. The smallest absolute Gasteiger partial charge is 0.349 e. The maximum Gasteiger partial charge on any atom is 0.349 e. The fraction of sp³-hybridized carbons (Fsp3) is 0.346. The molecule has 0 N–H and O–H groups in total. The van der Waals surface area contributed by atoms with Gasteiger partial charge in [0.1, 0.15) is 17.4 Å². The van der Waals surface area contributed by atoms with Crippen LogP contribution in [0.15, 0.2) is 42.0 Å². The maximum atomic E-state index is 12.5. The van der Waals surface area contributed by atoms with Gasteiger partial charge < -0.3 is 18.9 Å². The summed E-state index contributed by atoms with van der Waals surface area (Å²) in [7, 11) is 0. The molecule has 0 saturated carbocycles. The lowest BCUT2D eigenvalue weighted by atomic mass is 10.0. The van der Waals surface area contributed by atoms with Crippen molar-refractivity contribution in [3.63, 3.8) is 0 Å².